The van der Waals surface area contributed by atoms with Gasteiger partial charge in [0.1, 0.15) is 0 Å². The molecule has 5 rings (SSSR count). The number of allylic oxidation sites excluding steroid dienone is 8. The second-order valence-electron chi connectivity index (χ2n) is 10.3. The van der Waals surface area contributed by atoms with Gasteiger partial charge in [0.15, 0.2) is 0 Å². The van der Waals surface area contributed by atoms with Crippen LogP contribution in [0, 0.1) is 6.92 Å². The minimum Gasteiger partial charge on any atom is -0.0990 e. The van der Waals surface area contributed by atoms with Gasteiger partial charge in [-0.15, -0.1) is 0 Å². The molecule has 0 bridgehead atoms. The van der Waals surface area contributed by atoms with Crippen LogP contribution in [0.2, 0.25) is 0 Å². The molecule has 1 atom stereocenters. The van der Waals surface area contributed by atoms with E-state index in [-0.39, 0.29) is 5.92 Å². The van der Waals surface area contributed by atoms with E-state index in [1.165, 1.54) is 50.1 Å². The van der Waals surface area contributed by atoms with Gasteiger partial charge in [-0.3, -0.25) is 0 Å². The summed E-state index contributed by atoms with van der Waals surface area (Å²) < 4.78 is 0. The largest absolute Gasteiger partial charge is 0.0990 e. The highest BCUT2D eigenvalue weighted by molar-refractivity contribution is 5.81. The van der Waals surface area contributed by atoms with E-state index in [2.05, 4.69) is 136 Å². The minimum absolute atomic E-state index is 0.129. The van der Waals surface area contributed by atoms with Gasteiger partial charge >= 0.3 is 0 Å². The number of aryl methyl sites for hydroxylation is 1. The molecule has 0 saturated heterocycles. The fraction of sp³-hybridized carbons (Fsp3) is 0.128. The zero-order chi connectivity index (χ0) is 27.2. The zero-order valence-corrected chi connectivity index (χ0v) is 23.0. The first kappa shape index (κ1) is 26.2. The van der Waals surface area contributed by atoms with E-state index < -0.39 is 0 Å². The van der Waals surface area contributed by atoms with Crippen LogP contribution in [0.1, 0.15) is 59.1 Å². The SMILES string of the molecule is C=C/C=C(\C=C)c1ccc(C(c2ccc(-c3ccccc3)cc2)c2ccc(C3=CCCC=C3C)c(C)c2)cc1. The fourth-order valence-electron chi connectivity index (χ4n) is 5.64. The molecule has 0 aromatic heterocycles. The lowest BCUT2D eigenvalue weighted by Gasteiger charge is -2.22. The minimum atomic E-state index is 0.129. The lowest BCUT2D eigenvalue weighted by Crippen LogP contribution is -2.05. The Bertz CT molecular complexity index is 1560. The van der Waals surface area contributed by atoms with Gasteiger partial charge in [0.05, 0.1) is 0 Å². The van der Waals surface area contributed by atoms with Crippen LogP contribution in [0.4, 0.5) is 0 Å². The van der Waals surface area contributed by atoms with Gasteiger partial charge in [0.2, 0.25) is 0 Å². The Morgan fingerprint density at radius 3 is 1.92 bits per heavy atom. The second-order valence-corrected chi connectivity index (χ2v) is 10.3. The van der Waals surface area contributed by atoms with Crippen molar-refractivity contribution >= 4 is 11.1 Å². The molecule has 192 valence electrons. The molecule has 0 aliphatic heterocycles. The van der Waals surface area contributed by atoms with Crippen molar-refractivity contribution in [1.29, 1.82) is 0 Å². The molecule has 0 N–H and O–H groups in total. The summed E-state index contributed by atoms with van der Waals surface area (Å²) in [6, 6.07) is 35.6. The maximum absolute atomic E-state index is 3.98. The van der Waals surface area contributed by atoms with Crippen LogP contribution in [0.25, 0.3) is 22.3 Å². The van der Waals surface area contributed by atoms with Crippen molar-refractivity contribution in [3.8, 4) is 11.1 Å². The molecule has 1 unspecified atom stereocenters. The summed E-state index contributed by atoms with van der Waals surface area (Å²) in [6.07, 6.45) is 12.7. The quantitative estimate of drug-likeness (QED) is 0.165. The average molecular weight is 505 g/mol. The highest BCUT2D eigenvalue weighted by Crippen LogP contribution is 2.37. The molecular formula is C39H36. The fourth-order valence-corrected chi connectivity index (χ4v) is 5.64. The molecule has 0 nitrogen and oxygen atoms in total. The Hall–Kier alpha value is -4.42. The maximum atomic E-state index is 3.98. The van der Waals surface area contributed by atoms with Crippen LogP contribution in [0.3, 0.4) is 0 Å². The smallest absolute Gasteiger partial charge is 0.0340 e. The highest BCUT2D eigenvalue weighted by atomic mass is 14.2. The van der Waals surface area contributed by atoms with E-state index in [0.29, 0.717) is 0 Å². The Morgan fingerprint density at radius 2 is 1.31 bits per heavy atom. The van der Waals surface area contributed by atoms with Crippen LogP contribution in [0.5, 0.6) is 0 Å². The first-order valence-corrected chi connectivity index (χ1v) is 13.8. The molecule has 0 heteroatoms. The molecule has 1 aliphatic rings. The molecule has 0 amide bonds. The van der Waals surface area contributed by atoms with Gasteiger partial charge < -0.3 is 0 Å². The Balaban J connectivity index is 1.57. The van der Waals surface area contributed by atoms with Crippen LogP contribution in [-0.2, 0) is 0 Å². The lowest BCUT2D eigenvalue weighted by atomic mass is 9.81. The molecule has 4 aromatic carbocycles. The topological polar surface area (TPSA) is 0 Å². The molecule has 0 radical (unpaired) electrons. The first-order chi connectivity index (χ1) is 19.1. The Morgan fingerprint density at radius 1 is 0.692 bits per heavy atom. The molecule has 0 fully saturated rings. The summed E-state index contributed by atoms with van der Waals surface area (Å²) in [5.41, 5.74) is 14.0. The van der Waals surface area contributed by atoms with Crippen LogP contribution >= 0.6 is 0 Å². The summed E-state index contributed by atoms with van der Waals surface area (Å²) in [7, 11) is 0. The second kappa shape index (κ2) is 12.0. The van der Waals surface area contributed by atoms with Gasteiger partial charge in [0, 0.05) is 5.92 Å². The van der Waals surface area contributed by atoms with Crippen molar-refractivity contribution in [3.63, 3.8) is 0 Å². The van der Waals surface area contributed by atoms with E-state index in [9.17, 15) is 0 Å². The van der Waals surface area contributed by atoms with Crippen molar-refractivity contribution in [2.75, 3.05) is 0 Å². The standard InChI is InChI=1S/C39H36/c1-5-12-30(6-2)32-17-21-34(22-18-32)39(35-23-19-33(20-24-35)31-14-8-7-9-15-31)36-25-26-38(29(4)27-36)37-16-11-10-13-28(37)3/h5-9,12-27,39H,1-2,10-11H2,3-4H3/b30-12+. The Labute approximate surface area is 234 Å². The van der Waals surface area contributed by atoms with E-state index >= 15 is 0 Å². The summed E-state index contributed by atoms with van der Waals surface area (Å²) in [6.45, 7) is 12.3. The van der Waals surface area contributed by atoms with Crippen molar-refractivity contribution in [2.45, 2.75) is 32.6 Å². The molecule has 39 heavy (non-hydrogen) atoms. The summed E-state index contributed by atoms with van der Waals surface area (Å²) in [5, 5.41) is 0. The van der Waals surface area contributed by atoms with Crippen molar-refractivity contribution in [1.82, 2.24) is 0 Å². The van der Waals surface area contributed by atoms with Crippen LogP contribution < -0.4 is 0 Å². The summed E-state index contributed by atoms with van der Waals surface area (Å²) in [5.74, 6) is 0.129. The van der Waals surface area contributed by atoms with Crippen molar-refractivity contribution in [2.24, 2.45) is 0 Å². The lowest BCUT2D eigenvalue weighted by molar-refractivity contribution is 0.972. The predicted molar refractivity (Wildman–Crippen MR) is 170 cm³/mol. The molecule has 4 aromatic rings. The van der Waals surface area contributed by atoms with Gasteiger partial charge in [-0.25, -0.2) is 0 Å². The van der Waals surface area contributed by atoms with E-state index in [1.54, 1.807) is 0 Å². The average Bonchev–Trinajstić information content (AvgIpc) is 2.98. The monoisotopic (exact) mass is 504 g/mol. The first-order valence-electron chi connectivity index (χ1n) is 13.8. The third-order valence-corrected chi connectivity index (χ3v) is 7.71. The predicted octanol–water partition coefficient (Wildman–Crippen LogP) is 10.7. The van der Waals surface area contributed by atoms with Gasteiger partial charge in [-0.2, -0.15) is 0 Å². The maximum Gasteiger partial charge on any atom is 0.0340 e. The van der Waals surface area contributed by atoms with Gasteiger partial charge in [-0.05, 0) is 87.9 Å². The van der Waals surface area contributed by atoms with Crippen LogP contribution in [0.15, 0.2) is 146 Å². The van der Waals surface area contributed by atoms with Gasteiger partial charge in [-0.1, -0.05) is 141 Å². The molecule has 0 heterocycles. The normalized spacial score (nSPS) is 14.3. The summed E-state index contributed by atoms with van der Waals surface area (Å²) >= 11 is 0. The van der Waals surface area contributed by atoms with Crippen LogP contribution in [-0.4, -0.2) is 0 Å². The number of hydrogen-bond acceptors (Lipinski definition) is 0. The van der Waals surface area contributed by atoms with Gasteiger partial charge in [0.25, 0.3) is 0 Å². The molecule has 0 spiro atoms. The third-order valence-electron chi connectivity index (χ3n) is 7.71. The van der Waals surface area contributed by atoms with E-state index in [0.717, 1.165) is 24.0 Å². The molecular weight excluding hydrogens is 468 g/mol. The highest BCUT2D eigenvalue weighted by Gasteiger charge is 2.19. The van der Waals surface area contributed by atoms with E-state index in [4.69, 9.17) is 0 Å². The number of hydrogen-bond donors (Lipinski definition) is 0. The Kier molecular flexibility index (Phi) is 8.04. The van der Waals surface area contributed by atoms with Crippen molar-refractivity contribution < 1.29 is 0 Å². The molecule has 0 saturated carbocycles. The van der Waals surface area contributed by atoms with E-state index in [1.807, 2.05) is 18.2 Å². The molecule has 1 aliphatic carbocycles. The van der Waals surface area contributed by atoms with Crippen molar-refractivity contribution in [3.05, 3.63) is 180 Å². The number of benzene rings is 4. The zero-order valence-electron chi connectivity index (χ0n) is 23.0. The summed E-state index contributed by atoms with van der Waals surface area (Å²) in [4.78, 5) is 0. The number of rotatable bonds is 8. The third kappa shape index (κ3) is 5.71.